The number of ether oxygens (including phenoxy) is 2. The summed E-state index contributed by atoms with van der Waals surface area (Å²) in [6.07, 6.45) is 0. The molecule has 0 saturated carbocycles. The molecule has 9 heteroatoms. The molecule has 0 spiro atoms. The van der Waals surface area contributed by atoms with Gasteiger partial charge in [-0.15, -0.1) is 11.3 Å². The first-order chi connectivity index (χ1) is 16.1. The zero-order chi connectivity index (χ0) is 22.8. The monoisotopic (exact) mass is 480 g/mol. The van der Waals surface area contributed by atoms with Crippen LogP contribution in [0.4, 0.5) is 10.5 Å². The van der Waals surface area contributed by atoms with Gasteiger partial charge >= 0.3 is 0 Å². The van der Waals surface area contributed by atoms with Gasteiger partial charge in [-0.25, -0.2) is 0 Å². The zero-order valence-corrected chi connectivity index (χ0v) is 19.2. The van der Waals surface area contributed by atoms with E-state index in [-0.39, 0.29) is 29.4 Å². The van der Waals surface area contributed by atoms with Crippen LogP contribution in [0.2, 0.25) is 0 Å². The minimum absolute atomic E-state index is 0.154. The largest absolute Gasteiger partial charge is 0.486 e. The summed E-state index contributed by atoms with van der Waals surface area (Å²) in [7, 11) is 0. The van der Waals surface area contributed by atoms with Gasteiger partial charge in [0.15, 0.2) is 11.5 Å². The highest BCUT2D eigenvalue weighted by Gasteiger charge is 2.30. The number of thiophene rings is 1. The van der Waals surface area contributed by atoms with Crippen LogP contribution in [0.3, 0.4) is 0 Å². The number of thioether (sulfide) groups is 1. The van der Waals surface area contributed by atoms with E-state index in [1.54, 1.807) is 34.4 Å². The van der Waals surface area contributed by atoms with Crippen molar-refractivity contribution in [1.82, 2.24) is 4.90 Å². The van der Waals surface area contributed by atoms with Gasteiger partial charge < -0.3 is 14.4 Å². The van der Waals surface area contributed by atoms with E-state index in [9.17, 15) is 14.4 Å². The number of rotatable bonds is 6. The molecule has 0 atom stereocenters. The van der Waals surface area contributed by atoms with Gasteiger partial charge in [-0.1, -0.05) is 30.0 Å². The summed E-state index contributed by atoms with van der Waals surface area (Å²) >= 11 is 2.58. The Morgan fingerprint density at radius 3 is 2.61 bits per heavy atom. The molecule has 33 heavy (non-hydrogen) atoms. The number of benzene rings is 2. The first kappa shape index (κ1) is 21.5. The number of nitrogens with zero attached hydrogens (tertiary/aromatic N) is 2. The predicted octanol–water partition coefficient (Wildman–Crippen LogP) is 4.56. The smallest absolute Gasteiger partial charge is 0.289 e. The molecule has 3 heterocycles. The molecular formula is C24H20N2O5S2. The second kappa shape index (κ2) is 9.29. The van der Waals surface area contributed by atoms with E-state index in [0.29, 0.717) is 42.5 Å². The number of imide groups is 1. The first-order valence-corrected chi connectivity index (χ1v) is 12.2. The van der Waals surface area contributed by atoms with Crippen LogP contribution in [0.5, 0.6) is 11.5 Å². The quantitative estimate of drug-likeness (QED) is 0.515. The van der Waals surface area contributed by atoms with E-state index in [4.69, 9.17) is 9.47 Å². The Balaban J connectivity index is 1.45. The number of carbonyl (C=O) groups excluding carboxylic acids is 3. The SMILES string of the molecule is O=C1CSC(=O)N1Cc1cccc(C(=O)N(Cc2cccs2)c2ccc3c(c2)OCCO3)c1. The van der Waals surface area contributed by atoms with Crippen LogP contribution < -0.4 is 14.4 Å². The third kappa shape index (κ3) is 4.60. The van der Waals surface area contributed by atoms with Crippen molar-refractivity contribution in [3.8, 4) is 11.5 Å². The Morgan fingerprint density at radius 1 is 1.00 bits per heavy atom. The number of anilines is 1. The van der Waals surface area contributed by atoms with E-state index in [0.717, 1.165) is 22.2 Å². The van der Waals surface area contributed by atoms with E-state index in [1.807, 2.05) is 41.8 Å². The van der Waals surface area contributed by atoms with Gasteiger partial charge in [0.2, 0.25) is 5.91 Å². The van der Waals surface area contributed by atoms with Gasteiger partial charge in [0, 0.05) is 22.2 Å². The van der Waals surface area contributed by atoms with Crippen molar-refractivity contribution in [1.29, 1.82) is 0 Å². The van der Waals surface area contributed by atoms with Crippen molar-refractivity contribution in [3.63, 3.8) is 0 Å². The highest BCUT2D eigenvalue weighted by atomic mass is 32.2. The Morgan fingerprint density at radius 2 is 1.85 bits per heavy atom. The van der Waals surface area contributed by atoms with Gasteiger partial charge in [-0.2, -0.15) is 0 Å². The van der Waals surface area contributed by atoms with Gasteiger partial charge in [0.1, 0.15) is 13.2 Å². The standard InChI is InChI=1S/C24H20N2O5S2/c27-22-15-33-24(29)26(22)13-16-3-1-4-17(11-16)23(28)25(14-19-5-2-10-32-19)18-6-7-20-21(12-18)31-9-8-30-20/h1-7,10-12H,8-9,13-15H2. The van der Waals surface area contributed by atoms with Gasteiger partial charge in [0.05, 0.1) is 18.8 Å². The van der Waals surface area contributed by atoms with E-state index in [2.05, 4.69) is 0 Å². The minimum atomic E-state index is -0.257. The Hall–Kier alpha value is -3.30. The fraction of sp³-hybridized carbons (Fsp3) is 0.208. The lowest BCUT2D eigenvalue weighted by atomic mass is 10.1. The lowest BCUT2D eigenvalue weighted by molar-refractivity contribution is -0.125. The van der Waals surface area contributed by atoms with Crippen molar-refractivity contribution >= 4 is 45.8 Å². The molecule has 2 aliphatic rings. The Bertz CT molecular complexity index is 1200. The second-order valence-corrected chi connectivity index (χ2v) is 9.49. The molecule has 1 aromatic heterocycles. The summed E-state index contributed by atoms with van der Waals surface area (Å²) < 4.78 is 11.3. The minimum Gasteiger partial charge on any atom is -0.486 e. The van der Waals surface area contributed by atoms with Crippen LogP contribution >= 0.6 is 23.1 Å². The average molecular weight is 481 g/mol. The van der Waals surface area contributed by atoms with Crippen LogP contribution in [0, 0.1) is 0 Å². The molecule has 0 aliphatic carbocycles. The molecule has 1 saturated heterocycles. The normalized spacial score (nSPS) is 15.1. The number of fused-ring (bicyclic) bond motifs is 1. The lowest BCUT2D eigenvalue weighted by Gasteiger charge is -2.25. The molecular weight excluding hydrogens is 460 g/mol. The number of hydrogen-bond acceptors (Lipinski definition) is 7. The molecule has 2 aromatic carbocycles. The number of hydrogen-bond donors (Lipinski definition) is 0. The molecule has 7 nitrogen and oxygen atoms in total. The summed E-state index contributed by atoms with van der Waals surface area (Å²) in [6.45, 7) is 1.52. The fourth-order valence-electron chi connectivity index (χ4n) is 3.71. The van der Waals surface area contributed by atoms with Crippen molar-refractivity contribution in [2.24, 2.45) is 0 Å². The topological polar surface area (TPSA) is 76.2 Å². The van der Waals surface area contributed by atoms with Crippen molar-refractivity contribution in [3.05, 3.63) is 76.0 Å². The maximum Gasteiger partial charge on any atom is 0.289 e. The Kier molecular flexibility index (Phi) is 6.06. The maximum absolute atomic E-state index is 13.7. The third-order valence-electron chi connectivity index (χ3n) is 5.33. The van der Waals surface area contributed by atoms with Gasteiger partial charge in [-0.3, -0.25) is 19.3 Å². The molecule has 0 bridgehead atoms. The van der Waals surface area contributed by atoms with Crippen molar-refractivity contribution in [2.75, 3.05) is 23.9 Å². The van der Waals surface area contributed by atoms with Crippen molar-refractivity contribution in [2.45, 2.75) is 13.1 Å². The lowest BCUT2D eigenvalue weighted by Crippen LogP contribution is -2.31. The van der Waals surface area contributed by atoms with Crippen LogP contribution in [0.1, 0.15) is 20.8 Å². The number of amides is 3. The Labute approximate surface area is 198 Å². The molecule has 168 valence electrons. The van der Waals surface area contributed by atoms with Crippen molar-refractivity contribution < 1.29 is 23.9 Å². The van der Waals surface area contributed by atoms with Crippen LogP contribution in [0.15, 0.2) is 60.0 Å². The van der Waals surface area contributed by atoms with Gasteiger partial charge in [-0.05, 0) is 41.3 Å². The molecule has 3 aromatic rings. The van der Waals surface area contributed by atoms with Crippen LogP contribution in [-0.2, 0) is 17.9 Å². The molecule has 0 radical (unpaired) electrons. The molecule has 0 N–H and O–H groups in total. The highest BCUT2D eigenvalue weighted by molar-refractivity contribution is 8.14. The summed E-state index contributed by atoms with van der Waals surface area (Å²) in [5, 5.41) is 1.72. The van der Waals surface area contributed by atoms with Crippen LogP contribution in [0.25, 0.3) is 0 Å². The van der Waals surface area contributed by atoms with E-state index < -0.39 is 0 Å². The van der Waals surface area contributed by atoms with Crippen LogP contribution in [-0.4, -0.2) is 40.9 Å². The highest BCUT2D eigenvalue weighted by Crippen LogP contribution is 2.35. The van der Waals surface area contributed by atoms with E-state index >= 15 is 0 Å². The molecule has 0 unspecified atom stereocenters. The molecule has 5 rings (SSSR count). The summed E-state index contributed by atoms with van der Waals surface area (Å²) in [5.74, 6) is 1.04. The average Bonchev–Trinajstić information content (AvgIpc) is 3.47. The predicted molar refractivity (Wildman–Crippen MR) is 127 cm³/mol. The summed E-state index contributed by atoms with van der Waals surface area (Å²) in [6, 6.07) is 16.5. The zero-order valence-electron chi connectivity index (χ0n) is 17.6. The molecule has 3 amide bonds. The van der Waals surface area contributed by atoms with Gasteiger partial charge in [0.25, 0.3) is 11.1 Å². The fourth-order valence-corrected chi connectivity index (χ4v) is 5.13. The van der Waals surface area contributed by atoms with E-state index in [1.165, 1.54) is 4.90 Å². The summed E-state index contributed by atoms with van der Waals surface area (Å²) in [5.41, 5.74) is 1.90. The second-order valence-electron chi connectivity index (χ2n) is 7.53. The molecule has 2 aliphatic heterocycles. The maximum atomic E-state index is 13.7. The third-order valence-corrected chi connectivity index (χ3v) is 7.05. The summed E-state index contributed by atoms with van der Waals surface area (Å²) in [4.78, 5) is 41.6. The first-order valence-electron chi connectivity index (χ1n) is 10.4. The molecule has 1 fully saturated rings. The number of carbonyl (C=O) groups is 3.